The Bertz CT molecular complexity index is 1310. The lowest BCUT2D eigenvalue weighted by atomic mass is 10.1. The molecule has 0 aliphatic rings. The fraction of sp³-hybridized carbons (Fsp3) is 0.136. The quantitative estimate of drug-likeness (QED) is 0.267. The summed E-state index contributed by atoms with van der Waals surface area (Å²) in [7, 11) is -3.07. The van der Waals surface area contributed by atoms with E-state index in [9.17, 15) is 13.8 Å². The van der Waals surface area contributed by atoms with Crippen LogP contribution in [0.5, 0.6) is 11.6 Å². The van der Waals surface area contributed by atoms with Gasteiger partial charge in [-0.3, -0.25) is 10.3 Å². The summed E-state index contributed by atoms with van der Waals surface area (Å²) < 4.78 is 46.2. The molecule has 176 valence electrons. The molecule has 1 atom stereocenters. The van der Waals surface area contributed by atoms with Crippen molar-refractivity contribution in [2.24, 2.45) is 0 Å². The minimum atomic E-state index is -4.15. The van der Waals surface area contributed by atoms with Crippen molar-refractivity contribution in [3.05, 3.63) is 84.1 Å². The van der Waals surface area contributed by atoms with E-state index in [0.717, 1.165) is 18.9 Å². The molecule has 1 unspecified atom stereocenters. The summed E-state index contributed by atoms with van der Waals surface area (Å²) in [5, 5.41) is 4.10. The van der Waals surface area contributed by atoms with E-state index >= 15 is 0 Å². The molecule has 3 heterocycles. The third-order valence-corrected chi connectivity index (χ3v) is 5.66. The van der Waals surface area contributed by atoms with E-state index in [1.54, 1.807) is 36.5 Å². The Hall–Kier alpha value is -3.63. The minimum Gasteiger partial charge on any atom is -0.439 e. The predicted octanol–water partition coefficient (Wildman–Crippen LogP) is 3.85. The van der Waals surface area contributed by atoms with Crippen LogP contribution in [0, 0.1) is 5.82 Å². The molecular formula is C22H21FN4O6P+. The highest BCUT2D eigenvalue weighted by atomic mass is 31.2. The molecule has 0 spiro atoms. The van der Waals surface area contributed by atoms with Crippen LogP contribution < -0.4 is 15.0 Å². The van der Waals surface area contributed by atoms with Crippen molar-refractivity contribution in [3.8, 4) is 23.0 Å². The van der Waals surface area contributed by atoms with Gasteiger partial charge in [0, 0.05) is 25.7 Å². The highest BCUT2D eigenvalue weighted by Gasteiger charge is 2.22. The summed E-state index contributed by atoms with van der Waals surface area (Å²) in [5.74, 6) is 1.12. The van der Waals surface area contributed by atoms with Crippen LogP contribution in [0.15, 0.2) is 71.5 Å². The smallest absolute Gasteiger partial charge is 0.439 e. The van der Waals surface area contributed by atoms with Crippen LogP contribution in [0.2, 0.25) is 0 Å². The third kappa shape index (κ3) is 5.83. The average Bonchev–Trinajstić information content (AvgIpc) is 3.29. The summed E-state index contributed by atoms with van der Waals surface area (Å²) in [4.78, 5) is 13.3. The van der Waals surface area contributed by atoms with Crippen molar-refractivity contribution in [1.82, 2.24) is 10.1 Å². The molecule has 0 aliphatic heterocycles. The van der Waals surface area contributed by atoms with Crippen LogP contribution in [0.25, 0.3) is 11.3 Å². The zero-order valence-electron chi connectivity index (χ0n) is 18.0. The number of nitrogen functional groups attached to an aromatic ring is 1. The molecule has 4 aromatic rings. The van der Waals surface area contributed by atoms with Gasteiger partial charge in [-0.05, 0) is 35.9 Å². The topological polar surface area (TPSA) is 134 Å². The van der Waals surface area contributed by atoms with Gasteiger partial charge in [0.25, 0.3) is 5.82 Å². The molecule has 4 rings (SSSR count). The first kappa shape index (κ1) is 23.5. The van der Waals surface area contributed by atoms with Gasteiger partial charge in [0.05, 0.1) is 18.1 Å². The van der Waals surface area contributed by atoms with E-state index in [4.69, 9.17) is 19.5 Å². The predicted molar refractivity (Wildman–Crippen MR) is 118 cm³/mol. The maximum atomic E-state index is 13.0. The highest BCUT2D eigenvalue weighted by molar-refractivity contribution is 7.47. The van der Waals surface area contributed by atoms with Gasteiger partial charge in [-0.25, -0.2) is 23.0 Å². The Morgan fingerprint density at radius 1 is 1.21 bits per heavy atom. The number of pyridine rings is 2. The average molecular weight is 487 g/mol. The number of anilines is 1. The number of aromatic nitrogens is 3. The Labute approximate surface area is 194 Å². The van der Waals surface area contributed by atoms with Gasteiger partial charge in [-0.15, -0.1) is 0 Å². The molecule has 0 radical (unpaired) electrons. The Balaban J connectivity index is 1.43. The number of phosphoric acid groups is 1. The number of rotatable bonds is 9. The second-order valence-corrected chi connectivity index (χ2v) is 8.67. The molecule has 12 heteroatoms. The molecule has 0 saturated heterocycles. The van der Waals surface area contributed by atoms with Gasteiger partial charge >= 0.3 is 7.82 Å². The molecule has 34 heavy (non-hydrogen) atoms. The maximum Gasteiger partial charge on any atom is 0.475 e. The fourth-order valence-electron chi connectivity index (χ4n) is 3.02. The van der Waals surface area contributed by atoms with Crippen molar-refractivity contribution in [2.75, 3.05) is 12.8 Å². The first-order chi connectivity index (χ1) is 16.3. The minimum absolute atomic E-state index is 0.261. The number of benzene rings is 1. The lowest BCUT2D eigenvalue weighted by molar-refractivity contribution is -0.711. The van der Waals surface area contributed by atoms with Gasteiger partial charge in [-0.1, -0.05) is 17.3 Å². The number of nitrogens with two attached hydrogens (primary N) is 1. The molecule has 0 saturated carbocycles. The first-order valence-corrected chi connectivity index (χ1v) is 11.5. The largest absolute Gasteiger partial charge is 0.475 e. The number of halogens is 1. The van der Waals surface area contributed by atoms with Crippen molar-refractivity contribution < 1.29 is 36.7 Å². The van der Waals surface area contributed by atoms with Gasteiger partial charge < -0.3 is 14.2 Å². The van der Waals surface area contributed by atoms with Crippen molar-refractivity contribution in [3.63, 3.8) is 0 Å². The molecule has 0 fully saturated rings. The molecular weight excluding hydrogens is 466 g/mol. The lowest BCUT2D eigenvalue weighted by Crippen LogP contribution is -2.38. The second-order valence-electron chi connectivity index (χ2n) is 7.11. The van der Waals surface area contributed by atoms with Crippen molar-refractivity contribution in [1.29, 1.82) is 0 Å². The number of hydrogen-bond acceptors (Lipinski definition) is 8. The number of ether oxygens (including phenoxy) is 1. The van der Waals surface area contributed by atoms with Crippen LogP contribution in [-0.2, 0) is 26.8 Å². The van der Waals surface area contributed by atoms with Gasteiger partial charge in [0.15, 0.2) is 5.76 Å². The summed E-state index contributed by atoms with van der Waals surface area (Å²) in [6.07, 6.45) is 3.18. The maximum absolute atomic E-state index is 13.0. The van der Waals surface area contributed by atoms with E-state index in [1.165, 1.54) is 16.7 Å². The summed E-state index contributed by atoms with van der Waals surface area (Å²) in [6.45, 7) is -0.288. The highest BCUT2D eigenvalue weighted by Crippen LogP contribution is 2.41. The van der Waals surface area contributed by atoms with Crippen LogP contribution in [-0.4, -0.2) is 22.1 Å². The third-order valence-electron chi connectivity index (χ3n) is 4.76. The van der Waals surface area contributed by atoms with Gasteiger partial charge in [0.2, 0.25) is 12.6 Å². The van der Waals surface area contributed by atoms with E-state index in [0.29, 0.717) is 35.1 Å². The van der Waals surface area contributed by atoms with Gasteiger partial charge in [0.1, 0.15) is 17.1 Å². The normalized spacial score (nSPS) is 12.9. The van der Waals surface area contributed by atoms with Crippen LogP contribution in [0.1, 0.15) is 11.3 Å². The van der Waals surface area contributed by atoms with Crippen LogP contribution >= 0.6 is 7.82 Å². The standard InChI is InChI=1S/C22H20FN4O6P/c1-30-34(28,29)31-14-27-10-2-3-19(22(27)24)20-12-17(26-33-20)11-15-4-7-18(8-5-15)32-21-9-6-16(23)13-25-21/h2-10,12-13,24H,11,14H2,1H3,(H,28,29)/p+1. The fourth-order valence-corrected chi connectivity index (χ4v) is 3.40. The first-order valence-electron chi connectivity index (χ1n) is 9.98. The van der Waals surface area contributed by atoms with Gasteiger partial charge in [-0.2, -0.15) is 0 Å². The molecule has 3 aromatic heterocycles. The number of nitrogens with zero attached hydrogens (tertiary/aromatic N) is 3. The summed E-state index contributed by atoms with van der Waals surface area (Å²) in [5.41, 5.74) is 8.36. The van der Waals surface area contributed by atoms with Crippen LogP contribution in [0.3, 0.4) is 0 Å². The Morgan fingerprint density at radius 2 is 2.00 bits per heavy atom. The Morgan fingerprint density at radius 3 is 2.71 bits per heavy atom. The lowest BCUT2D eigenvalue weighted by Gasteiger charge is -2.09. The molecule has 0 bridgehead atoms. The SMILES string of the molecule is COP(=O)(O)OC[n+]1cccc(-c2cc(Cc3ccc(Oc4ccc(F)cn4)cc3)no2)c1N. The Kier molecular flexibility index (Phi) is 6.99. The summed E-state index contributed by atoms with van der Waals surface area (Å²) in [6, 6.07) is 15.2. The monoisotopic (exact) mass is 487 g/mol. The zero-order valence-corrected chi connectivity index (χ0v) is 18.9. The van der Waals surface area contributed by atoms with Crippen molar-refractivity contribution >= 4 is 13.6 Å². The summed E-state index contributed by atoms with van der Waals surface area (Å²) >= 11 is 0. The van der Waals surface area contributed by atoms with E-state index in [2.05, 4.69) is 14.7 Å². The number of phosphoric ester groups is 1. The number of hydrogen-bond donors (Lipinski definition) is 2. The van der Waals surface area contributed by atoms with Crippen molar-refractivity contribution in [2.45, 2.75) is 13.2 Å². The van der Waals surface area contributed by atoms with E-state index < -0.39 is 13.6 Å². The molecule has 0 amide bonds. The van der Waals surface area contributed by atoms with E-state index in [-0.39, 0.29) is 12.5 Å². The molecule has 0 aliphatic carbocycles. The van der Waals surface area contributed by atoms with E-state index in [1.807, 2.05) is 12.1 Å². The second kappa shape index (κ2) is 10.1. The molecule has 3 N–H and O–H groups in total. The zero-order chi connectivity index (χ0) is 24.1. The van der Waals surface area contributed by atoms with Crippen LogP contribution in [0.4, 0.5) is 10.2 Å². The molecule has 1 aromatic carbocycles. The molecule has 10 nitrogen and oxygen atoms in total.